The molecule has 0 heterocycles. The maximum atomic E-state index is 12.0. The normalized spacial score (nSPS) is 11.4. The van der Waals surface area contributed by atoms with Crippen LogP contribution < -0.4 is 4.74 Å². The fourth-order valence-electron chi connectivity index (χ4n) is 4.51. The summed E-state index contributed by atoms with van der Waals surface area (Å²) in [4.78, 5) is 12.0. The Bertz CT molecular complexity index is 817. The van der Waals surface area contributed by atoms with Gasteiger partial charge in [0, 0.05) is 18.4 Å². The Hall–Kier alpha value is -2.33. The number of benzene rings is 2. The van der Waals surface area contributed by atoms with Crippen LogP contribution in [0.1, 0.15) is 88.7 Å². The first-order valence-electron chi connectivity index (χ1n) is 14.2. The molecule has 0 fully saturated rings. The molecule has 0 aliphatic rings. The third-order valence-electron chi connectivity index (χ3n) is 6.66. The lowest BCUT2D eigenvalue weighted by Gasteiger charge is -2.30. The summed E-state index contributed by atoms with van der Waals surface area (Å²) >= 11 is 0. The van der Waals surface area contributed by atoms with Crippen LogP contribution >= 0.6 is 0 Å². The molecule has 2 aromatic rings. The third-order valence-corrected chi connectivity index (χ3v) is 6.66. The molecule has 200 valence electrons. The van der Waals surface area contributed by atoms with Crippen LogP contribution in [0.5, 0.6) is 5.75 Å². The van der Waals surface area contributed by atoms with E-state index in [4.69, 9.17) is 9.47 Å². The van der Waals surface area contributed by atoms with Gasteiger partial charge < -0.3 is 14.0 Å². The van der Waals surface area contributed by atoms with E-state index in [-0.39, 0.29) is 5.97 Å². The molecule has 0 bridgehead atoms. The Morgan fingerprint density at radius 2 is 1.42 bits per heavy atom. The van der Waals surface area contributed by atoms with Gasteiger partial charge in [-0.25, -0.2) is 0 Å². The van der Waals surface area contributed by atoms with Gasteiger partial charge in [0.25, 0.3) is 0 Å². The lowest BCUT2D eigenvalue weighted by molar-refractivity contribution is -0.903. The monoisotopic (exact) mass is 496 g/mol. The molecule has 0 unspecified atom stereocenters. The van der Waals surface area contributed by atoms with Gasteiger partial charge in [-0.15, -0.1) is 0 Å². The number of rotatable bonds is 20. The number of hydrogen-bond donors (Lipinski definition) is 0. The van der Waals surface area contributed by atoms with Crippen LogP contribution in [0.3, 0.4) is 0 Å². The van der Waals surface area contributed by atoms with Crippen LogP contribution in [-0.4, -0.2) is 44.3 Å². The smallest absolute Gasteiger partial charge is 0.305 e. The van der Waals surface area contributed by atoms with E-state index in [1.165, 1.54) is 56.1 Å². The van der Waals surface area contributed by atoms with Crippen LogP contribution in [0.4, 0.5) is 0 Å². The molecular weight excluding hydrogens is 446 g/mol. The molecule has 2 aromatic carbocycles. The van der Waals surface area contributed by atoms with Crippen molar-refractivity contribution in [2.45, 2.75) is 90.5 Å². The van der Waals surface area contributed by atoms with E-state index in [2.05, 4.69) is 75.6 Å². The highest BCUT2D eigenvalue weighted by Crippen LogP contribution is 2.16. The number of esters is 1. The predicted molar refractivity (Wildman–Crippen MR) is 150 cm³/mol. The van der Waals surface area contributed by atoms with Crippen molar-refractivity contribution >= 4 is 5.97 Å². The fraction of sp³-hybridized carbons (Fsp3) is 0.594. The summed E-state index contributed by atoms with van der Waals surface area (Å²) < 4.78 is 12.1. The number of ether oxygens (including phenoxy) is 2. The largest absolute Gasteiger partial charge is 0.493 e. The average molecular weight is 497 g/mol. The molecule has 0 N–H and O–H groups in total. The Morgan fingerprint density at radius 3 is 2.14 bits per heavy atom. The molecule has 4 nitrogen and oxygen atoms in total. The number of nitrogens with zero attached hydrogens (tertiary/aromatic N) is 1. The van der Waals surface area contributed by atoms with Crippen LogP contribution in [0.15, 0.2) is 54.6 Å². The second-order valence-corrected chi connectivity index (χ2v) is 10.7. The standard InChI is InChI=1S/C32H50NO3/c1-4-5-6-7-8-9-11-17-29-21-23-31(24-22-29)35-26-16-27-36-32(34)20-14-15-25-33(2,3)28-30-18-12-10-13-19-30/h10,12-13,18-19,21-24H,4-9,11,14-17,20,25-28H2,1-3H3/q+1. The highest BCUT2D eigenvalue weighted by Gasteiger charge is 2.15. The van der Waals surface area contributed by atoms with Gasteiger partial charge in [-0.1, -0.05) is 87.9 Å². The third kappa shape index (κ3) is 14.3. The second kappa shape index (κ2) is 18.0. The summed E-state index contributed by atoms with van der Waals surface area (Å²) in [7, 11) is 4.49. The molecule has 0 spiro atoms. The van der Waals surface area contributed by atoms with Gasteiger partial charge >= 0.3 is 5.97 Å². The number of unbranched alkanes of at least 4 members (excludes halogenated alkanes) is 7. The lowest BCUT2D eigenvalue weighted by Crippen LogP contribution is -2.39. The fourth-order valence-corrected chi connectivity index (χ4v) is 4.51. The van der Waals surface area contributed by atoms with Gasteiger partial charge in [0.2, 0.25) is 0 Å². The number of hydrogen-bond acceptors (Lipinski definition) is 3. The maximum Gasteiger partial charge on any atom is 0.305 e. The van der Waals surface area contributed by atoms with Crippen LogP contribution in [-0.2, 0) is 22.5 Å². The zero-order valence-electron chi connectivity index (χ0n) is 23.2. The maximum absolute atomic E-state index is 12.0. The minimum atomic E-state index is -0.0990. The van der Waals surface area contributed by atoms with Crippen molar-refractivity contribution in [3.8, 4) is 5.75 Å². The molecule has 4 heteroatoms. The first-order valence-corrected chi connectivity index (χ1v) is 14.2. The van der Waals surface area contributed by atoms with Crippen molar-refractivity contribution in [2.75, 3.05) is 33.9 Å². The van der Waals surface area contributed by atoms with Gasteiger partial charge in [-0.2, -0.15) is 0 Å². The van der Waals surface area contributed by atoms with Gasteiger partial charge in [-0.3, -0.25) is 4.79 Å². The van der Waals surface area contributed by atoms with Crippen LogP contribution in [0.25, 0.3) is 0 Å². The SMILES string of the molecule is CCCCCCCCCc1ccc(OCCCOC(=O)CCCC[N+](C)(C)Cc2ccccc2)cc1. The van der Waals surface area contributed by atoms with Gasteiger partial charge in [0.1, 0.15) is 12.3 Å². The summed E-state index contributed by atoms with van der Waals surface area (Å²) in [6, 6.07) is 19.0. The summed E-state index contributed by atoms with van der Waals surface area (Å²) in [5.74, 6) is 0.791. The van der Waals surface area contributed by atoms with Gasteiger partial charge in [0.15, 0.2) is 0 Å². The summed E-state index contributed by atoms with van der Waals surface area (Å²) in [5.41, 5.74) is 2.73. The van der Waals surface area contributed by atoms with Crippen LogP contribution in [0, 0.1) is 0 Å². The van der Waals surface area contributed by atoms with E-state index in [0.717, 1.165) is 42.6 Å². The minimum absolute atomic E-state index is 0.0990. The Morgan fingerprint density at radius 1 is 0.722 bits per heavy atom. The molecule has 0 amide bonds. The molecule has 0 saturated heterocycles. The van der Waals surface area contributed by atoms with Crippen molar-refractivity contribution in [1.82, 2.24) is 0 Å². The Kier molecular flexibility index (Phi) is 14.9. The van der Waals surface area contributed by atoms with Crippen molar-refractivity contribution < 1.29 is 18.8 Å². The lowest BCUT2D eigenvalue weighted by atomic mass is 10.0. The zero-order chi connectivity index (χ0) is 25.9. The van der Waals surface area contributed by atoms with Gasteiger partial charge in [-0.05, 0) is 43.4 Å². The molecule has 0 atom stereocenters. The highest BCUT2D eigenvalue weighted by atomic mass is 16.5. The Balaban J connectivity index is 1.46. The molecule has 0 aliphatic carbocycles. The molecule has 0 saturated carbocycles. The summed E-state index contributed by atoms with van der Waals surface area (Å²) in [6.07, 6.45) is 13.6. The molecular formula is C32H50NO3+. The van der Waals surface area contributed by atoms with Crippen molar-refractivity contribution in [3.05, 3.63) is 65.7 Å². The highest BCUT2D eigenvalue weighted by molar-refractivity contribution is 5.69. The zero-order valence-corrected chi connectivity index (χ0v) is 23.2. The van der Waals surface area contributed by atoms with E-state index < -0.39 is 0 Å². The van der Waals surface area contributed by atoms with Crippen molar-refractivity contribution in [2.24, 2.45) is 0 Å². The number of aryl methyl sites for hydroxylation is 1. The van der Waals surface area contributed by atoms with Crippen LogP contribution in [0.2, 0.25) is 0 Å². The predicted octanol–water partition coefficient (Wildman–Crippen LogP) is 7.74. The quantitative estimate of drug-likeness (QED) is 0.107. The van der Waals surface area contributed by atoms with E-state index in [1.807, 2.05) is 0 Å². The Labute approximate surface area is 220 Å². The van der Waals surface area contributed by atoms with E-state index >= 15 is 0 Å². The molecule has 0 radical (unpaired) electrons. The summed E-state index contributed by atoms with van der Waals surface area (Å²) in [6.45, 7) is 5.31. The molecule has 0 aliphatic heterocycles. The molecule has 36 heavy (non-hydrogen) atoms. The van der Waals surface area contributed by atoms with E-state index in [0.29, 0.717) is 26.1 Å². The minimum Gasteiger partial charge on any atom is -0.493 e. The second-order valence-electron chi connectivity index (χ2n) is 10.7. The topological polar surface area (TPSA) is 35.5 Å². The molecule has 0 aromatic heterocycles. The van der Waals surface area contributed by atoms with Gasteiger partial charge in [0.05, 0.1) is 33.9 Å². The number of quaternary nitrogens is 1. The average Bonchev–Trinajstić information content (AvgIpc) is 2.87. The first-order chi connectivity index (χ1) is 17.5. The molecule has 2 rings (SSSR count). The summed E-state index contributed by atoms with van der Waals surface area (Å²) in [5, 5.41) is 0. The van der Waals surface area contributed by atoms with Crippen molar-refractivity contribution in [3.63, 3.8) is 0 Å². The van der Waals surface area contributed by atoms with Crippen molar-refractivity contribution in [1.29, 1.82) is 0 Å². The van der Waals surface area contributed by atoms with E-state index in [9.17, 15) is 4.79 Å². The first kappa shape index (κ1) is 29.9. The van der Waals surface area contributed by atoms with E-state index in [1.54, 1.807) is 0 Å². The number of carbonyl (C=O) groups is 1. The number of carbonyl (C=O) groups excluding carboxylic acids is 1.